The summed E-state index contributed by atoms with van der Waals surface area (Å²) in [5.74, 6) is 1.51. The van der Waals surface area contributed by atoms with Gasteiger partial charge in [-0.1, -0.05) is 15.9 Å². The number of benzene rings is 1. The Balaban J connectivity index is 1.81. The summed E-state index contributed by atoms with van der Waals surface area (Å²) in [5.41, 5.74) is 7.95. The summed E-state index contributed by atoms with van der Waals surface area (Å²) < 4.78 is 0.980. The van der Waals surface area contributed by atoms with Crippen LogP contribution in [0.1, 0.15) is 24.8 Å². The maximum absolute atomic E-state index is 9.06. The van der Waals surface area contributed by atoms with Gasteiger partial charge in [-0.05, 0) is 49.3 Å². The molecule has 1 heterocycles. The summed E-state index contributed by atoms with van der Waals surface area (Å²) in [6.07, 6.45) is 3.57. The Hall–Kier alpha value is -1.05. The van der Waals surface area contributed by atoms with Gasteiger partial charge < -0.3 is 10.6 Å². The normalized spacial score (nSPS) is 29.9. The largest absolute Gasteiger partial charge is 0.371 e. The number of nitriles is 1. The number of hydrogen-bond acceptors (Lipinski definition) is 3. The topological polar surface area (TPSA) is 53.0 Å². The number of fused-ring (bicyclic) bond motifs is 1. The molecule has 0 bridgehead atoms. The molecular formula is C15H18BrN3. The molecule has 1 aromatic carbocycles. The zero-order valence-corrected chi connectivity index (χ0v) is 12.4. The van der Waals surface area contributed by atoms with Crippen molar-refractivity contribution in [3.8, 4) is 6.07 Å². The molecule has 100 valence electrons. The van der Waals surface area contributed by atoms with Crippen molar-refractivity contribution in [3.63, 3.8) is 0 Å². The Morgan fingerprint density at radius 3 is 2.79 bits per heavy atom. The minimum atomic E-state index is 0.387. The van der Waals surface area contributed by atoms with E-state index in [1.165, 1.54) is 6.42 Å². The van der Waals surface area contributed by atoms with E-state index in [0.29, 0.717) is 6.04 Å². The predicted octanol–water partition coefficient (Wildman–Crippen LogP) is 2.88. The molecule has 1 aliphatic carbocycles. The Labute approximate surface area is 122 Å². The van der Waals surface area contributed by atoms with E-state index >= 15 is 0 Å². The van der Waals surface area contributed by atoms with E-state index in [2.05, 4.69) is 33.0 Å². The second kappa shape index (κ2) is 5.15. The number of nitrogens with zero attached hydrogens (tertiary/aromatic N) is 2. The Morgan fingerprint density at radius 2 is 2.00 bits per heavy atom. The fraction of sp³-hybridized carbons (Fsp3) is 0.533. The zero-order chi connectivity index (χ0) is 13.4. The molecule has 1 saturated heterocycles. The van der Waals surface area contributed by atoms with Gasteiger partial charge in [0.2, 0.25) is 0 Å². The van der Waals surface area contributed by atoms with Crippen molar-refractivity contribution in [1.29, 1.82) is 5.26 Å². The highest BCUT2D eigenvalue weighted by Gasteiger charge is 2.36. The molecule has 1 aliphatic heterocycles. The van der Waals surface area contributed by atoms with Gasteiger partial charge in [0.25, 0.3) is 0 Å². The highest BCUT2D eigenvalue weighted by molar-refractivity contribution is 9.10. The molecular weight excluding hydrogens is 302 g/mol. The fourth-order valence-corrected chi connectivity index (χ4v) is 3.98. The van der Waals surface area contributed by atoms with Crippen LogP contribution < -0.4 is 10.6 Å². The second-order valence-electron chi connectivity index (χ2n) is 5.81. The van der Waals surface area contributed by atoms with Crippen molar-refractivity contribution >= 4 is 21.6 Å². The molecule has 1 unspecified atom stereocenters. The van der Waals surface area contributed by atoms with Crippen molar-refractivity contribution in [3.05, 3.63) is 28.2 Å². The summed E-state index contributed by atoms with van der Waals surface area (Å²) in [4.78, 5) is 2.42. The van der Waals surface area contributed by atoms with Crippen molar-refractivity contribution < 1.29 is 0 Å². The van der Waals surface area contributed by atoms with Gasteiger partial charge in [0.1, 0.15) is 0 Å². The number of halogens is 1. The third-order valence-corrected chi connectivity index (χ3v) is 4.92. The Kier molecular flexibility index (Phi) is 3.51. The molecule has 2 fully saturated rings. The van der Waals surface area contributed by atoms with Crippen molar-refractivity contribution in [1.82, 2.24) is 0 Å². The zero-order valence-electron chi connectivity index (χ0n) is 10.8. The molecule has 3 atom stereocenters. The highest BCUT2D eigenvalue weighted by Crippen LogP contribution is 2.38. The molecule has 19 heavy (non-hydrogen) atoms. The summed E-state index contributed by atoms with van der Waals surface area (Å²) in [7, 11) is 0. The minimum Gasteiger partial charge on any atom is -0.371 e. The van der Waals surface area contributed by atoms with Crippen LogP contribution in [-0.4, -0.2) is 19.1 Å². The number of hydrogen-bond donors (Lipinski definition) is 1. The van der Waals surface area contributed by atoms with Crippen LogP contribution in [0.15, 0.2) is 22.7 Å². The van der Waals surface area contributed by atoms with E-state index in [4.69, 9.17) is 11.0 Å². The van der Waals surface area contributed by atoms with Gasteiger partial charge in [-0.3, -0.25) is 0 Å². The Morgan fingerprint density at radius 1 is 1.21 bits per heavy atom. The maximum atomic E-state index is 9.06. The van der Waals surface area contributed by atoms with E-state index in [1.54, 1.807) is 0 Å². The van der Waals surface area contributed by atoms with Crippen LogP contribution in [0.5, 0.6) is 0 Å². The van der Waals surface area contributed by atoms with E-state index in [1.807, 2.05) is 12.1 Å². The third kappa shape index (κ3) is 2.63. The van der Waals surface area contributed by atoms with Gasteiger partial charge >= 0.3 is 0 Å². The number of nitrogens with two attached hydrogens (primary N) is 1. The van der Waals surface area contributed by atoms with Gasteiger partial charge in [0.05, 0.1) is 11.6 Å². The van der Waals surface area contributed by atoms with E-state index in [0.717, 1.165) is 53.5 Å². The van der Waals surface area contributed by atoms with Gasteiger partial charge in [-0.2, -0.15) is 5.26 Å². The third-order valence-electron chi connectivity index (χ3n) is 4.47. The van der Waals surface area contributed by atoms with Crippen molar-refractivity contribution in [2.45, 2.75) is 25.3 Å². The molecule has 2 aliphatic rings. The lowest BCUT2D eigenvalue weighted by atomic mass is 9.79. The van der Waals surface area contributed by atoms with Gasteiger partial charge in [-0.15, -0.1) is 0 Å². The summed E-state index contributed by atoms with van der Waals surface area (Å²) >= 11 is 3.49. The lowest BCUT2D eigenvalue weighted by Crippen LogP contribution is -2.32. The standard InChI is InChI=1S/C15H18BrN3/c16-13-3-10(7-17)4-15(6-13)19-8-11-1-2-14(18)5-12(11)9-19/h3-4,6,11-12,14H,1-2,5,8-9,18H2/t11-,12+,14?/m1/s1. The first-order valence-electron chi connectivity index (χ1n) is 6.87. The molecule has 4 heteroatoms. The van der Waals surface area contributed by atoms with Crippen molar-refractivity contribution in [2.75, 3.05) is 18.0 Å². The molecule has 2 N–H and O–H groups in total. The number of rotatable bonds is 1. The number of anilines is 1. The van der Waals surface area contributed by atoms with E-state index in [9.17, 15) is 0 Å². The van der Waals surface area contributed by atoms with Crippen molar-refractivity contribution in [2.24, 2.45) is 17.6 Å². The molecule has 0 aromatic heterocycles. The molecule has 3 nitrogen and oxygen atoms in total. The van der Waals surface area contributed by atoms with Gasteiger partial charge in [0.15, 0.2) is 0 Å². The van der Waals surface area contributed by atoms with Crippen LogP contribution in [-0.2, 0) is 0 Å². The van der Waals surface area contributed by atoms with E-state index in [-0.39, 0.29) is 0 Å². The average molecular weight is 320 g/mol. The van der Waals surface area contributed by atoms with Crippen LogP contribution in [0.25, 0.3) is 0 Å². The van der Waals surface area contributed by atoms with Crippen LogP contribution in [0.3, 0.4) is 0 Å². The first kappa shape index (κ1) is 13.0. The lowest BCUT2D eigenvalue weighted by Gasteiger charge is -2.27. The molecule has 0 spiro atoms. The predicted molar refractivity (Wildman–Crippen MR) is 79.9 cm³/mol. The highest BCUT2D eigenvalue weighted by atomic mass is 79.9. The first-order valence-corrected chi connectivity index (χ1v) is 7.66. The molecule has 0 radical (unpaired) electrons. The van der Waals surface area contributed by atoms with Crippen LogP contribution in [0.2, 0.25) is 0 Å². The monoisotopic (exact) mass is 319 g/mol. The van der Waals surface area contributed by atoms with Crippen LogP contribution >= 0.6 is 15.9 Å². The molecule has 3 rings (SSSR count). The maximum Gasteiger partial charge on any atom is 0.0992 e. The van der Waals surface area contributed by atoms with Gasteiger partial charge in [0, 0.05) is 29.3 Å². The SMILES string of the molecule is N#Cc1cc(Br)cc(N2C[C@H]3CCC(N)C[C@H]3C2)c1. The molecule has 0 amide bonds. The second-order valence-corrected chi connectivity index (χ2v) is 6.72. The quantitative estimate of drug-likeness (QED) is 0.866. The minimum absolute atomic E-state index is 0.387. The average Bonchev–Trinajstić information content (AvgIpc) is 2.80. The van der Waals surface area contributed by atoms with E-state index < -0.39 is 0 Å². The lowest BCUT2D eigenvalue weighted by molar-refractivity contribution is 0.271. The Bertz CT molecular complexity index is 523. The fourth-order valence-electron chi connectivity index (χ4n) is 3.50. The first-order chi connectivity index (χ1) is 9.15. The summed E-state index contributed by atoms with van der Waals surface area (Å²) in [6.45, 7) is 2.19. The smallest absolute Gasteiger partial charge is 0.0992 e. The van der Waals surface area contributed by atoms with Gasteiger partial charge in [-0.25, -0.2) is 0 Å². The molecule has 1 saturated carbocycles. The summed E-state index contributed by atoms with van der Waals surface area (Å²) in [5, 5.41) is 9.06. The summed E-state index contributed by atoms with van der Waals surface area (Å²) in [6, 6.07) is 8.57. The van der Waals surface area contributed by atoms with Crippen LogP contribution in [0.4, 0.5) is 5.69 Å². The van der Waals surface area contributed by atoms with Crippen LogP contribution in [0, 0.1) is 23.2 Å². The molecule has 1 aromatic rings.